The van der Waals surface area contributed by atoms with E-state index in [0.29, 0.717) is 0 Å². The molecular weight excluding hydrogens is 534 g/mol. The Hall–Kier alpha value is -4.22. The molecule has 0 aliphatic rings. The number of ether oxygens (including phenoxy) is 2. The van der Waals surface area contributed by atoms with Gasteiger partial charge in [-0.3, -0.25) is 0 Å². The molecule has 2 unspecified atom stereocenters. The zero-order valence-electron chi connectivity index (χ0n) is 20.5. The highest BCUT2D eigenvalue weighted by molar-refractivity contribution is 7.46. The molecule has 0 heterocycles. The monoisotopic (exact) mass is 558 g/mol. The number of rotatable bonds is 8. The van der Waals surface area contributed by atoms with Gasteiger partial charge >= 0.3 is 16.5 Å². The molecule has 2 N–H and O–H groups in total. The molecule has 5 aromatic carbocycles. The van der Waals surface area contributed by atoms with E-state index in [9.17, 15) is 9.13 Å². The van der Waals surface area contributed by atoms with Gasteiger partial charge in [0.25, 0.3) is 0 Å². The van der Waals surface area contributed by atoms with E-state index in [0.717, 1.165) is 45.3 Å². The third-order valence-corrected chi connectivity index (χ3v) is 6.46. The highest BCUT2D eigenvalue weighted by Crippen LogP contribution is 2.47. The summed E-state index contributed by atoms with van der Waals surface area (Å²) in [5.74, 6) is 3.07. The van der Waals surface area contributed by atoms with E-state index in [4.69, 9.17) is 19.3 Å². The molecule has 9 heteroatoms. The van der Waals surface area contributed by atoms with Crippen LogP contribution in [0.15, 0.2) is 133 Å². The van der Waals surface area contributed by atoms with Crippen molar-refractivity contribution < 1.29 is 32.7 Å². The largest absolute Gasteiger partial charge is 0.745 e. The van der Waals surface area contributed by atoms with E-state index >= 15 is 0 Å². The molecule has 5 rings (SSSR count). The minimum atomic E-state index is -2.92. The summed E-state index contributed by atoms with van der Waals surface area (Å²) in [5, 5.41) is 0. The summed E-state index contributed by atoms with van der Waals surface area (Å²) in [6.07, 6.45) is 0. The molecule has 0 saturated heterocycles. The maximum absolute atomic E-state index is 9.39. The summed E-state index contributed by atoms with van der Waals surface area (Å²) in [7, 11) is -5.85. The van der Waals surface area contributed by atoms with Gasteiger partial charge in [0.2, 0.25) is 0 Å². The van der Waals surface area contributed by atoms with Crippen molar-refractivity contribution in [1.82, 2.24) is 0 Å². The van der Waals surface area contributed by atoms with Crippen molar-refractivity contribution in [3.05, 3.63) is 133 Å². The first-order valence-corrected chi connectivity index (χ1v) is 14.0. The van der Waals surface area contributed by atoms with Gasteiger partial charge in [-0.15, -0.1) is 9.79 Å². The summed E-state index contributed by atoms with van der Waals surface area (Å²) in [4.78, 5) is 15.3. The van der Waals surface area contributed by atoms with Crippen molar-refractivity contribution in [2.75, 3.05) is 0 Å². The lowest BCUT2D eigenvalue weighted by atomic mass is 9.96. The summed E-state index contributed by atoms with van der Waals surface area (Å²) in [6.45, 7) is 0. The van der Waals surface area contributed by atoms with E-state index < -0.39 is 16.5 Å². The second kappa shape index (κ2) is 14.1. The van der Waals surface area contributed by atoms with Gasteiger partial charge in [0.05, 0.1) is 5.56 Å². The molecule has 0 amide bonds. The zero-order valence-corrected chi connectivity index (χ0v) is 22.3. The van der Waals surface area contributed by atoms with Crippen LogP contribution in [0.4, 0.5) is 0 Å². The van der Waals surface area contributed by atoms with Gasteiger partial charge in [-0.1, -0.05) is 97.1 Å². The maximum Gasteiger partial charge on any atom is 0.745 e. The first-order chi connectivity index (χ1) is 19.0. The van der Waals surface area contributed by atoms with Crippen molar-refractivity contribution in [3.8, 4) is 45.3 Å². The average Bonchev–Trinajstić information content (AvgIpc) is 2.95. The number of hydrogen-bond donors (Lipinski definition) is 2. The Kier molecular flexibility index (Phi) is 10.0. The smallest absolute Gasteiger partial charge is 0.457 e. The third kappa shape index (κ3) is 8.13. The van der Waals surface area contributed by atoms with Crippen LogP contribution in [0.3, 0.4) is 0 Å². The van der Waals surface area contributed by atoms with E-state index in [-0.39, 0.29) is 0 Å². The standard InChI is InChI=1S/C30H22O2.O5P2/c1-5-13-23(14-6-1)27-21-22-28(31-25-17-9-3-10-18-25)29(24-15-7-2-8-16-24)30(27)32-26-19-11-4-12-20-26;1-6(2)5-7(3)4/h1-22H;/p+2. The van der Waals surface area contributed by atoms with Crippen LogP contribution in [0, 0.1) is 0 Å². The Morgan fingerprint density at radius 3 is 1.38 bits per heavy atom. The van der Waals surface area contributed by atoms with Crippen LogP contribution in [0.5, 0.6) is 23.0 Å². The maximum atomic E-state index is 9.39. The minimum Gasteiger partial charge on any atom is -0.457 e. The van der Waals surface area contributed by atoms with Crippen molar-refractivity contribution in [2.24, 2.45) is 0 Å². The zero-order chi connectivity index (χ0) is 27.5. The Morgan fingerprint density at radius 2 is 0.923 bits per heavy atom. The molecule has 7 nitrogen and oxygen atoms in total. The number of hydrogen-bond acceptors (Lipinski definition) is 5. The molecule has 0 saturated carbocycles. The van der Waals surface area contributed by atoms with Gasteiger partial charge in [-0.25, -0.2) is 0 Å². The highest BCUT2D eigenvalue weighted by atomic mass is 31.2. The molecule has 0 aliphatic heterocycles. The fourth-order valence-corrected chi connectivity index (χ4v) is 4.24. The fraction of sp³-hybridized carbons (Fsp3) is 0. The molecule has 39 heavy (non-hydrogen) atoms. The van der Waals surface area contributed by atoms with Crippen LogP contribution in [0.25, 0.3) is 22.3 Å². The van der Waals surface area contributed by atoms with E-state index in [1.807, 2.05) is 103 Å². The van der Waals surface area contributed by atoms with Crippen LogP contribution < -0.4 is 9.47 Å². The van der Waals surface area contributed by atoms with Crippen LogP contribution in [-0.2, 0) is 13.4 Å². The first kappa shape index (κ1) is 27.8. The number of benzene rings is 5. The molecule has 2 atom stereocenters. The predicted molar refractivity (Wildman–Crippen MR) is 151 cm³/mol. The Balaban J connectivity index is 0.000000448. The number of para-hydroxylation sites is 2. The SMILES string of the molecule is O=[P+](O)O[P+](=O)O.c1ccc(Oc2ccc(-c3ccccc3)c(Oc3ccccc3)c2-c2ccccc2)cc1. The Labute approximate surface area is 227 Å². The second-order valence-electron chi connectivity index (χ2n) is 7.93. The Bertz CT molecular complexity index is 1500. The second-order valence-corrected chi connectivity index (χ2v) is 9.54. The molecular formula is C30H24O7P2+2. The quantitative estimate of drug-likeness (QED) is 0.183. The van der Waals surface area contributed by atoms with Crippen LogP contribution in [0.2, 0.25) is 0 Å². The van der Waals surface area contributed by atoms with Gasteiger partial charge in [0, 0.05) is 14.7 Å². The van der Waals surface area contributed by atoms with Crippen LogP contribution >= 0.6 is 16.5 Å². The molecule has 0 fully saturated rings. The lowest BCUT2D eigenvalue weighted by molar-refractivity contribution is 0.371. The van der Waals surface area contributed by atoms with Gasteiger partial charge < -0.3 is 9.47 Å². The lowest BCUT2D eigenvalue weighted by Gasteiger charge is -2.20. The third-order valence-electron chi connectivity index (χ3n) is 5.34. The van der Waals surface area contributed by atoms with E-state index in [1.54, 1.807) is 0 Å². The van der Waals surface area contributed by atoms with Crippen LogP contribution in [-0.4, -0.2) is 9.79 Å². The van der Waals surface area contributed by atoms with Crippen molar-refractivity contribution in [2.45, 2.75) is 0 Å². The topological polar surface area (TPSA) is 102 Å². The van der Waals surface area contributed by atoms with Crippen molar-refractivity contribution in [3.63, 3.8) is 0 Å². The van der Waals surface area contributed by atoms with Crippen LogP contribution in [0.1, 0.15) is 0 Å². The summed E-state index contributed by atoms with van der Waals surface area (Å²) >= 11 is 0. The highest BCUT2D eigenvalue weighted by Gasteiger charge is 2.31. The van der Waals surface area contributed by atoms with Gasteiger partial charge in [-0.05, 0) is 47.5 Å². The summed E-state index contributed by atoms with van der Waals surface area (Å²) < 4.78 is 35.1. The summed E-state index contributed by atoms with van der Waals surface area (Å²) in [6, 6.07) is 44.3. The fourth-order valence-electron chi connectivity index (χ4n) is 3.76. The van der Waals surface area contributed by atoms with Crippen molar-refractivity contribution in [1.29, 1.82) is 0 Å². The molecule has 194 valence electrons. The molecule has 0 radical (unpaired) electrons. The van der Waals surface area contributed by atoms with E-state index in [1.165, 1.54) is 0 Å². The molecule has 5 aromatic rings. The predicted octanol–water partition coefficient (Wildman–Crippen LogP) is 8.91. The van der Waals surface area contributed by atoms with Gasteiger partial charge in [0.15, 0.2) is 4.31 Å². The van der Waals surface area contributed by atoms with Gasteiger partial charge in [-0.2, -0.15) is 0 Å². The molecule has 0 bridgehead atoms. The Morgan fingerprint density at radius 1 is 0.487 bits per heavy atom. The molecule has 0 aromatic heterocycles. The normalized spacial score (nSPS) is 11.0. The van der Waals surface area contributed by atoms with Gasteiger partial charge in [0.1, 0.15) is 23.0 Å². The molecule has 0 spiro atoms. The lowest BCUT2D eigenvalue weighted by Crippen LogP contribution is -1.96. The van der Waals surface area contributed by atoms with Crippen molar-refractivity contribution >= 4 is 16.5 Å². The minimum absolute atomic E-state index is 0.744. The average molecular weight is 558 g/mol. The summed E-state index contributed by atoms with van der Waals surface area (Å²) in [5.41, 5.74) is 4.04. The molecule has 0 aliphatic carbocycles. The first-order valence-electron chi connectivity index (χ1n) is 11.8. The van der Waals surface area contributed by atoms with E-state index in [2.05, 4.69) is 34.6 Å².